The maximum atomic E-state index is 12.5. The van der Waals surface area contributed by atoms with Gasteiger partial charge in [-0.1, -0.05) is 0 Å². The van der Waals surface area contributed by atoms with Crippen molar-refractivity contribution in [2.24, 2.45) is 5.10 Å². The number of aromatic nitrogens is 3. The molecule has 0 radical (unpaired) electrons. The lowest BCUT2D eigenvalue weighted by atomic mass is 10.4. The average molecular weight is 274 g/mol. The first-order valence-corrected chi connectivity index (χ1v) is 5.86. The summed E-state index contributed by atoms with van der Waals surface area (Å²) in [7, 11) is 0. The molecule has 0 saturated heterocycles. The Morgan fingerprint density at radius 3 is 2.94 bits per heavy atom. The minimum Gasteiger partial charge on any atom is -0.250 e. The molecule has 2 rings (SSSR count). The molecule has 4 nitrogen and oxygen atoms in total. The predicted octanol–water partition coefficient (Wildman–Crippen LogP) is 3.13. The molecule has 0 aliphatic rings. The van der Waals surface area contributed by atoms with Crippen LogP contribution in [0.3, 0.4) is 0 Å². The molecule has 0 unspecified atom stereocenters. The fraction of sp³-hybridized carbons (Fsp3) is 0.222. The molecule has 8 heteroatoms. The van der Waals surface area contributed by atoms with Crippen molar-refractivity contribution in [1.29, 1.82) is 0 Å². The van der Waals surface area contributed by atoms with Crippen LogP contribution in [0.1, 0.15) is 22.0 Å². The molecule has 0 atom stereocenters. The van der Waals surface area contributed by atoms with Crippen molar-refractivity contribution in [3.05, 3.63) is 32.5 Å². The zero-order valence-electron chi connectivity index (χ0n) is 8.72. The number of nitrogens with zero attached hydrogens (tertiary/aromatic N) is 3. The number of hydrogen-bond donors (Lipinski definition) is 1. The molecular weight excluding hydrogens is 266 g/mol. The lowest BCUT2D eigenvalue weighted by Gasteiger charge is -1.97. The van der Waals surface area contributed by atoms with Crippen LogP contribution >= 0.6 is 23.6 Å². The van der Waals surface area contributed by atoms with Crippen molar-refractivity contribution in [1.82, 2.24) is 14.9 Å². The van der Waals surface area contributed by atoms with Crippen LogP contribution < -0.4 is 0 Å². The van der Waals surface area contributed by atoms with Gasteiger partial charge < -0.3 is 0 Å². The van der Waals surface area contributed by atoms with Crippen molar-refractivity contribution in [3.63, 3.8) is 0 Å². The SMILES string of the molecule is Cc1ccc(C=Nn2c(C(F)F)n[nH]c2=S)s1. The first kappa shape index (κ1) is 12.1. The van der Waals surface area contributed by atoms with Crippen molar-refractivity contribution in [2.75, 3.05) is 0 Å². The second-order valence-electron chi connectivity index (χ2n) is 3.19. The molecule has 0 aromatic carbocycles. The molecule has 0 bridgehead atoms. The van der Waals surface area contributed by atoms with Crippen LogP contribution in [0.25, 0.3) is 0 Å². The monoisotopic (exact) mass is 274 g/mol. The highest BCUT2D eigenvalue weighted by Gasteiger charge is 2.15. The highest BCUT2D eigenvalue weighted by Crippen LogP contribution is 2.17. The number of alkyl halides is 2. The van der Waals surface area contributed by atoms with Crippen LogP contribution in [0, 0.1) is 11.7 Å². The smallest absolute Gasteiger partial charge is 0.250 e. The molecular formula is C9H8F2N4S2. The Labute approximate surface area is 105 Å². The van der Waals surface area contributed by atoms with Gasteiger partial charge >= 0.3 is 0 Å². The highest BCUT2D eigenvalue weighted by atomic mass is 32.1. The standard InChI is InChI=1S/C9H8F2N4S2/c1-5-2-3-6(17-5)4-12-15-8(7(10)11)13-14-9(15)16/h2-4,7H,1H3,(H,14,16). The van der Waals surface area contributed by atoms with E-state index in [1.807, 2.05) is 19.1 Å². The summed E-state index contributed by atoms with van der Waals surface area (Å²) in [5, 5.41) is 9.60. The third-order valence-electron chi connectivity index (χ3n) is 1.93. The van der Waals surface area contributed by atoms with Crippen molar-refractivity contribution in [3.8, 4) is 0 Å². The van der Waals surface area contributed by atoms with Gasteiger partial charge in [-0.05, 0) is 31.3 Å². The van der Waals surface area contributed by atoms with E-state index < -0.39 is 12.2 Å². The molecule has 90 valence electrons. The van der Waals surface area contributed by atoms with Crippen LogP contribution in [-0.2, 0) is 0 Å². The van der Waals surface area contributed by atoms with Gasteiger partial charge in [0.2, 0.25) is 10.6 Å². The first-order valence-electron chi connectivity index (χ1n) is 4.64. The summed E-state index contributed by atoms with van der Waals surface area (Å²) in [5.74, 6) is -0.487. The van der Waals surface area contributed by atoms with Crippen molar-refractivity contribution < 1.29 is 8.78 Å². The van der Waals surface area contributed by atoms with E-state index in [4.69, 9.17) is 12.2 Å². The van der Waals surface area contributed by atoms with Gasteiger partial charge in [-0.25, -0.2) is 13.9 Å². The highest BCUT2D eigenvalue weighted by molar-refractivity contribution is 7.71. The number of nitrogens with one attached hydrogen (secondary N) is 1. The quantitative estimate of drug-likeness (QED) is 0.690. The maximum absolute atomic E-state index is 12.5. The Bertz CT molecular complexity index is 596. The van der Waals surface area contributed by atoms with Gasteiger partial charge in [-0.15, -0.1) is 11.3 Å². The van der Waals surface area contributed by atoms with Gasteiger partial charge in [-0.3, -0.25) is 0 Å². The summed E-state index contributed by atoms with van der Waals surface area (Å²) < 4.78 is 26.1. The van der Waals surface area contributed by atoms with E-state index in [-0.39, 0.29) is 4.77 Å². The van der Waals surface area contributed by atoms with E-state index in [0.717, 1.165) is 14.4 Å². The zero-order valence-corrected chi connectivity index (χ0v) is 10.4. The van der Waals surface area contributed by atoms with Crippen molar-refractivity contribution >= 4 is 29.8 Å². The Morgan fingerprint density at radius 2 is 2.35 bits per heavy atom. The minimum absolute atomic E-state index is 0.0461. The van der Waals surface area contributed by atoms with E-state index in [1.54, 1.807) is 0 Å². The van der Waals surface area contributed by atoms with Gasteiger partial charge in [0.15, 0.2) is 0 Å². The van der Waals surface area contributed by atoms with Gasteiger partial charge in [0.05, 0.1) is 6.21 Å². The molecule has 1 N–H and O–H groups in total. The molecule has 0 amide bonds. The molecule has 2 aromatic heterocycles. The second-order valence-corrected chi connectivity index (χ2v) is 4.90. The molecule has 0 saturated carbocycles. The molecule has 2 heterocycles. The molecule has 0 spiro atoms. The summed E-state index contributed by atoms with van der Waals surface area (Å²) in [6, 6.07) is 3.78. The predicted molar refractivity (Wildman–Crippen MR) is 64.4 cm³/mol. The van der Waals surface area contributed by atoms with Gasteiger partial charge in [0.25, 0.3) is 6.43 Å². The van der Waals surface area contributed by atoms with E-state index in [0.29, 0.717) is 0 Å². The number of aryl methyl sites for hydroxylation is 1. The summed E-state index contributed by atoms with van der Waals surface area (Å²) in [4.78, 5) is 1.99. The summed E-state index contributed by atoms with van der Waals surface area (Å²) >= 11 is 6.33. The van der Waals surface area contributed by atoms with Crippen molar-refractivity contribution in [2.45, 2.75) is 13.3 Å². The topological polar surface area (TPSA) is 46.0 Å². The van der Waals surface area contributed by atoms with Gasteiger partial charge in [-0.2, -0.15) is 14.9 Å². The summed E-state index contributed by atoms with van der Waals surface area (Å²) in [6.07, 6.45) is -1.24. The second kappa shape index (κ2) is 4.84. The largest absolute Gasteiger partial charge is 0.299 e. The van der Waals surface area contributed by atoms with E-state index >= 15 is 0 Å². The van der Waals surface area contributed by atoms with Crippen LogP contribution in [0.15, 0.2) is 17.2 Å². The Kier molecular flexibility index (Phi) is 3.43. The first-order chi connectivity index (χ1) is 8.08. The number of hydrogen-bond acceptors (Lipinski definition) is 4. The number of halogens is 2. The number of rotatable bonds is 3. The third-order valence-corrected chi connectivity index (χ3v) is 3.13. The molecule has 2 aromatic rings. The van der Waals surface area contributed by atoms with Crippen LogP contribution in [0.4, 0.5) is 8.78 Å². The fourth-order valence-electron chi connectivity index (χ4n) is 1.19. The van der Waals surface area contributed by atoms with E-state index in [1.165, 1.54) is 17.6 Å². The number of H-pyrrole nitrogens is 1. The number of aromatic amines is 1. The minimum atomic E-state index is -2.72. The lowest BCUT2D eigenvalue weighted by Crippen LogP contribution is -1.98. The average Bonchev–Trinajstić information content (AvgIpc) is 2.82. The third kappa shape index (κ3) is 2.64. The van der Waals surface area contributed by atoms with E-state index in [2.05, 4.69) is 15.3 Å². The normalized spacial score (nSPS) is 11.8. The lowest BCUT2D eigenvalue weighted by molar-refractivity contribution is 0.136. The van der Waals surface area contributed by atoms with Gasteiger partial charge in [0.1, 0.15) is 0 Å². The Hall–Kier alpha value is -1.41. The summed E-state index contributed by atoms with van der Waals surface area (Å²) in [5.41, 5.74) is 0. The molecule has 17 heavy (non-hydrogen) atoms. The Morgan fingerprint density at radius 1 is 1.59 bits per heavy atom. The maximum Gasteiger partial charge on any atom is 0.299 e. The Balaban J connectivity index is 2.32. The molecule has 0 fully saturated rings. The molecule has 0 aliphatic heterocycles. The fourth-order valence-corrected chi connectivity index (χ4v) is 2.12. The van der Waals surface area contributed by atoms with Crippen LogP contribution in [0.2, 0.25) is 0 Å². The van der Waals surface area contributed by atoms with Crippen LogP contribution in [0.5, 0.6) is 0 Å². The molecule has 0 aliphatic carbocycles. The van der Waals surface area contributed by atoms with Crippen LogP contribution in [-0.4, -0.2) is 21.1 Å². The van der Waals surface area contributed by atoms with Gasteiger partial charge in [0, 0.05) is 9.75 Å². The summed E-state index contributed by atoms with van der Waals surface area (Å²) in [6.45, 7) is 1.95. The zero-order chi connectivity index (χ0) is 12.4. The van der Waals surface area contributed by atoms with E-state index in [9.17, 15) is 8.78 Å². The number of thiophene rings is 1.